The summed E-state index contributed by atoms with van der Waals surface area (Å²) in [6.45, 7) is 3.93. The van der Waals surface area contributed by atoms with E-state index in [4.69, 9.17) is 4.74 Å². The number of benzene rings is 1. The van der Waals surface area contributed by atoms with E-state index in [-0.39, 0.29) is 6.61 Å². The van der Waals surface area contributed by atoms with Crippen molar-refractivity contribution in [2.45, 2.75) is 38.4 Å². The fraction of sp³-hybridized carbons (Fsp3) is 0.438. The third-order valence-corrected chi connectivity index (χ3v) is 4.46. The number of anilines is 1. The Morgan fingerprint density at radius 3 is 2.75 bits per heavy atom. The van der Waals surface area contributed by atoms with Crippen LogP contribution in [0.25, 0.3) is 0 Å². The van der Waals surface area contributed by atoms with Crippen LogP contribution in [0.2, 0.25) is 0 Å². The number of ether oxygens (including phenoxy) is 1. The molecule has 0 fully saturated rings. The number of thioether (sulfide) groups is 1. The van der Waals surface area contributed by atoms with E-state index in [1.165, 1.54) is 17.8 Å². The van der Waals surface area contributed by atoms with Gasteiger partial charge in [-0.2, -0.15) is 13.2 Å². The SMILES string of the molecule is CCCC1=CN(c2cccc(C(F)(F)F)c2)C(NC(=O)OCC)S1. The van der Waals surface area contributed by atoms with Gasteiger partial charge in [0.15, 0.2) is 5.50 Å². The number of halogens is 3. The van der Waals surface area contributed by atoms with E-state index in [1.807, 2.05) is 6.92 Å². The highest BCUT2D eigenvalue weighted by Gasteiger charge is 2.33. The predicted molar refractivity (Wildman–Crippen MR) is 88.5 cm³/mol. The fourth-order valence-electron chi connectivity index (χ4n) is 2.25. The minimum Gasteiger partial charge on any atom is -0.450 e. The van der Waals surface area contributed by atoms with Crippen molar-refractivity contribution in [3.8, 4) is 0 Å². The molecule has 1 amide bonds. The Morgan fingerprint density at radius 2 is 2.12 bits per heavy atom. The van der Waals surface area contributed by atoms with Crippen LogP contribution in [-0.2, 0) is 10.9 Å². The second kappa shape index (κ2) is 7.83. The summed E-state index contributed by atoms with van der Waals surface area (Å²) >= 11 is 1.40. The van der Waals surface area contributed by atoms with Gasteiger partial charge in [-0.05, 0) is 31.5 Å². The second-order valence-corrected chi connectivity index (χ2v) is 6.34. The molecule has 1 aliphatic heterocycles. The maximum absolute atomic E-state index is 12.9. The average Bonchev–Trinajstić information content (AvgIpc) is 2.89. The summed E-state index contributed by atoms with van der Waals surface area (Å²) in [5.74, 6) is 0. The van der Waals surface area contributed by atoms with Gasteiger partial charge in [0.2, 0.25) is 0 Å². The largest absolute Gasteiger partial charge is 0.450 e. The molecule has 1 aromatic rings. The lowest BCUT2D eigenvalue weighted by atomic mass is 10.2. The van der Waals surface area contributed by atoms with Crippen molar-refractivity contribution >= 4 is 23.5 Å². The van der Waals surface area contributed by atoms with Gasteiger partial charge in [0.05, 0.1) is 12.2 Å². The first-order chi connectivity index (χ1) is 11.3. The van der Waals surface area contributed by atoms with Crippen LogP contribution < -0.4 is 10.2 Å². The molecular formula is C16H19F3N2O2S. The van der Waals surface area contributed by atoms with Crippen LogP contribution in [0, 0.1) is 0 Å². The van der Waals surface area contributed by atoms with Gasteiger partial charge in [0.25, 0.3) is 0 Å². The van der Waals surface area contributed by atoms with Gasteiger partial charge in [0, 0.05) is 16.8 Å². The molecule has 132 valence electrons. The Morgan fingerprint density at radius 1 is 1.38 bits per heavy atom. The number of carbonyl (C=O) groups excluding carboxylic acids is 1. The van der Waals surface area contributed by atoms with Gasteiger partial charge in [-0.3, -0.25) is 5.32 Å². The summed E-state index contributed by atoms with van der Waals surface area (Å²) in [7, 11) is 0. The van der Waals surface area contributed by atoms with Crippen LogP contribution in [0.1, 0.15) is 32.3 Å². The summed E-state index contributed by atoms with van der Waals surface area (Å²) in [4.78, 5) is 14.3. The zero-order chi connectivity index (χ0) is 17.7. The van der Waals surface area contributed by atoms with Gasteiger partial charge in [-0.1, -0.05) is 31.2 Å². The van der Waals surface area contributed by atoms with Crippen LogP contribution in [0.3, 0.4) is 0 Å². The summed E-state index contributed by atoms with van der Waals surface area (Å²) in [5, 5.41) is 2.67. The van der Waals surface area contributed by atoms with Crippen molar-refractivity contribution in [3.63, 3.8) is 0 Å². The summed E-state index contributed by atoms with van der Waals surface area (Å²) in [6.07, 6.45) is -1.54. The molecule has 1 aliphatic rings. The Kier molecular flexibility index (Phi) is 6.04. The highest BCUT2D eigenvalue weighted by Crippen LogP contribution is 2.39. The number of nitrogens with one attached hydrogen (secondary N) is 1. The van der Waals surface area contributed by atoms with Crippen LogP contribution in [-0.4, -0.2) is 18.2 Å². The molecule has 0 aromatic heterocycles. The molecular weight excluding hydrogens is 341 g/mol. The van der Waals surface area contributed by atoms with E-state index >= 15 is 0 Å². The van der Waals surface area contributed by atoms with Crippen LogP contribution in [0.5, 0.6) is 0 Å². The first-order valence-electron chi connectivity index (χ1n) is 7.61. The summed E-state index contributed by atoms with van der Waals surface area (Å²) in [5.41, 5.74) is -0.892. The molecule has 0 radical (unpaired) electrons. The van der Waals surface area contributed by atoms with Crippen molar-refractivity contribution in [1.29, 1.82) is 0 Å². The van der Waals surface area contributed by atoms with Crippen molar-refractivity contribution in [2.75, 3.05) is 11.5 Å². The molecule has 24 heavy (non-hydrogen) atoms. The fourth-order valence-corrected chi connectivity index (χ4v) is 3.48. The Balaban J connectivity index is 2.26. The van der Waals surface area contributed by atoms with E-state index in [9.17, 15) is 18.0 Å². The number of carbonyl (C=O) groups is 1. The minimum absolute atomic E-state index is 0.224. The predicted octanol–water partition coefficient (Wildman–Crippen LogP) is 4.93. The first kappa shape index (κ1) is 18.5. The molecule has 1 heterocycles. The summed E-state index contributed by atoms with van der Waals surface area (Å²) in [6, 6.07) is 5.04. The van der Waals surface area contributed by atoms with Crippen LogP contribution in [0.15, 0.2) is 35.4 Å². The molecule has 0 bridgehead atoms. The molecule has 1 N–H and O–H groups in total. The number of hydrogen-bond donors (Lipinski definition) is 1. The molecule has 8 heteroatoms. The number of hydrogen-bond acceptors (Lipinski definition) is 4. The van der Waals surface area contributed by atoms with Gasteiger partial charge in [-0.25, -0.2) is 4.79 Å². The second-order valence-electron chi connectivity index (χ2n) is 5.14. The lowest BCUT2D eigenvalue weighted by Crippen LogP contribution is -2.42. The molecule has 1 atom stereocenters. The minimum atomic E-state index is -4.41. The lowest BCUT2D eigenvalue weighted by molar-refractivity contribution is -0.137. The zero-order valence-electron chi connectivity index (χ0n) is 13.4. The smallest absolute Gasteiger partial charge is 0.416 e. The average molecular weight is 360 g/mol. The number of nitrogens with zero attached hydrogens (tertiary/aromatic N) is 1. The van der Waals surface area contributed by atoms with Crippen molar-refractivity contribution in [2.24, 2.45) is 0 Å². The van der Waals surface area contributed by atoms with Gasteiger partial charge < -0.3 is 9.64 Å². The molecule has 0 saturated heterocycles. The monoisotopic (exact) mass is 360 g/mol. The van der Waals surface area contributed by atoms with E-state index in [0.29, 0.717) is 5.69 Å². The molecule has 4 nitrogen and oxygen atoms in total. The van der Waals surface area contributed by atoms with Crippen LogP contribution >= 0.6 is 11.8 Å². The third-order valence-electron chi connectivity index (χ3n) is 3.28. The maximum atomic E-state index is 12.9. The highest BCUT2D eigenvalue weighted by molar-refractivity contribution is 8.04. The van der Waals surface area contributed by atoms with Crippen LogP contribution in [0.4, 0.5) is 23.7 Å². The quantitative estimate of drug-likeness (QED) is 0.808. The molecule has 2 rings (SSSR count). The standard InChI is InChI=1S/C16H19F3N2O2S/c1-3-6-13-10-21(14(24-13)20-15(22)23-4-2)12-8-5-7-11(9-12)16(17,18)19/h5,7-10,14H,3-4,6H2,1-2H3,(H,20,22). The van der Waals surface area contributed by atoms with Gasteiger partial charge in [0.1, 0.15) is 0 Å². The molecule has 0 saturated carbocycles. The normalized spacial score (nSPS) is 17.6. The van der Waals surface area contributed by atoms with E-state index < -0.39 is 23.3 Å². The van der Waals surface area contributed by atoms with Crippen molar-refractivity contribution < 1.29 is 22.7 Å². The number of allylic oxidation sites excluding steroid dienone is 1. The maximum Gasteiger partial charge on any atom is 0.416 e. The molecule has 0 aliphatic carbocycles. The highest BCUT2D eigenvalue weighted by atomic mass is 32.2. The summed E-state index contributed by atoms with van der Waals surface area (Å²) < 4.78 is 43.7. The van der Waals surface area contributed by atoms with Gasteiger partial charge in [-0.15, -0.1) is 0 Å². The lowest BCUT2D eigenvalue weighted by Gasteiger charge is -2.25. The van der Waals surface area contributed by atoms with E-state index in [0.717, 1.165) is 29.9 Å². The van der Waals surface area contributed by atoms with E-state index in [2.05, 4.69) is 5.32 Å². The number of alkyl carbamates (subject to hydrolysis) is 1. The van der Waals surface area contributed by atoms with Crippen molar-refractivity contribution in [3.05, 3.63) is 40.9 Å². The molecule has 0 spiro atoms. The van der Waals surface area contributed by atoms with Gasteiger partial charge >= 0.3 is 12.3 Å². The Bertz CT molecular complexity index is 620. The third kappa shape index (κ3) is 4.59. The zero-order valence-corrected chi connectivity index (χ0v) is 14.2. The topological polar surface area (TPSA) is 41.6 Å². The number of amides is 1. The number of alkyl halides is 3. The number of rotatable bonds is 5. The Hall–Kier alpha value is -1.83. The molecule has 1 aromatic carbocycles. The van der Waals surface area contributed by atoms with Crippen molar-refractivity contribution in [1.82, 2.24) is 5.32 Å². The first-order valence-corrected chi connectivity index (χ1v) is 8.49. The molecule has 1 unspecified atom stereocenters. The Labute approximate surface area is 143 Å². The van der Waals surface area contributed by atoms with E-state index in [1.54, 1.807) is 24.1 Å².